The SMILES string of the molecule is COC(=O)C1CC(C)=C(C)c2ccccc21. The van der Waals surface area contributed by atoms with Crippen LogP contribution in [0.15, 0.2) is 29.8 Å². The zero-order chi connectivity index (χ0) is 11.7. The Labute approximate surface area is 95.9 Å². The van der Waals surface area contributed by atoms with Crippen LogP contribution in [0.5, 0.6) is 0 Å². The molecule has 0 N–H and O–H groups in total. The van der Waals surface area contributed by atoms with Gasteiger partial charge in [-0.15, -0.1) is 0 Å². The van der Waals surface area contributed by atoms with E-state index in [9.17, 15) is 4.79 Å². The molecule has 1 atom stereocenters. The zero-order valence-electron chi connectivity index (χ0n) is 9.91. The van der Waals surface area contributed by atoms with Crippen LogP contribution in [0.3, 0.4) is 0 Å². The second kappa shape index (κ2) is 4.12. The van der Waals surface area contributed by atoms with Crippen LogP contribution in [0, 0.1) is 0 Å². The zero-order valence-corrected chi connectivity index (χ0v) is 9.91. The predicted molar refractivity (Wildman–Crippen MR) is 64.1 cm³/mol. The van der Waals surface area contributed by atoms with Gasteiger partial charge in [-0.2, -0.15) is 0 Å². The monoisotopic (exact) mass is 216 g/mol. The van der Waals surface area contributed by atoms with Gasteiger partial charge in [-0.05, 0) is 37.0 Å². The average Bonchev–Trinajstić information content (AvgIpc) is 2.33. The van der Waals surface area contributed by atoms with E-state index in [1.807, 2.05) is 18.2 Å². The number of fused-ring (bicyclic) bond motifs is 1. The summed E-state index contributed by atoms with van der Waals surface area (Å²) in [4.78, 5) is 11.7. The molecule has 0 heterocycles. The van der Waals surface area contributed by atoms with E-state index in [1.165, 1.54) is 23.8 Å². The number of allylic oxidation sites excluding steroid dienone is 2. The van der Waals surface area contributed by atoms with Crippen molar-refractivity contribution in [3.05, 3.63) is 41.0 Å². The Morgan fingerprint density at radius 2 is 2.00 bits per heavy atom. The molecule has 1 aromatic rings. The first kappa shape index (κ1) is 10.9. The van der Waals surface area contributed by atoms with E-state index in [-0.39, 0.29) is 11.9 Å². The van der Waals surface area contributed by atoms with Crippen molar-refractivity contribution in [2.24, 2.45) is 0 Å². The van der Waals surface area contributed by atoms with Crippen molar-refractivity contribution in [3.63, 3.8) is 0 Å². The minimum Gasteiger partial charge on any atom is -0.469 e. The number of rotatable bonds is 1. The van der Waals surface area contributed by atoms with Gasteiger partial charge in [0.25, 0.3) is 0 Å². The van der Waals surface area contributed by atoms with Gasteiger partial charge in [0.15, 0.2) is 0 Å². The highest BCUT2D eigenvalue weighted by molar-refractivity contribution is 5.84. The van der Waals surface area contributed by atoms with Crippen LogP contribution in [0.2, 0.25) is 0 Å². The van der Waals surface area contributed by atoms with Crippen LogP contribution in [0.25, 0.3) is 5.57 Å². The van der Waals surface area contributed by atoms with Crippen molar-refractivity contribution in [1.82, 2.24) is 0 Å². The van der Waals surface area contributed by atoms with Gasteiger partial charge in [0, 0.05) is 0 Å². The number of hydrogen-bond donors (Lipinski definition) is 0. The maximum Gasteiger partial charge on any atom is 0.313 e. The van der Waals surface area contributed by atoms with E-state index in [4.69, 9.17) is 4.74 Å². The lowest BCUT2D eigenvalue weighted by atomic mass is 9.80. The molecule has 1 aromatic carbocycles. The van der Waals surface area contributed by atoms with E-state index >= 15 is 0 Å². The van der Waals surface area contributed by atoms with Crippen molar-refractivity contribution in [1.29, 1.82) is 0 Å². The van der Waals surface area contributed by atoms with E-state index in [1.54, 1.807) is 0 Å². The fraction of sp³-hybridized carbons (Fsp3) is 0.357. The maximum atomic E-state index is 11.7. The third kappa shape index (κ3) is 1.64. The van der Waals surface area contributed by atoms with Crippen molar-refractivity contribution >= 4 is 11.5 Å². The number of esters is 1. The predicted octanol–water partition coefficient (Wildman–Crippen LogP) is 3.14. The van der Waals surface area contributed by atoms with Gasteiger partial charge < -0.3 is 4.74 Å². The van der Waals surface area contributed by atoms with Gasteiger partial charge >= 0.3 is 5.97 Å². The first-order valence-electron chi connectivity index (χ1n) is 5.48. The molecular formula is C14H16O2. The summed E-state index contributed by atoms with van der Waals surface area (Å²) in [5.41, 5.74) is 4.84. The van der Waals surface area contributed by atoms with Gasteiger partial charge in [-0.25, -0.2) is 0 Å². The molecule has 0 saturated heterocycles. The van der Waals surface area contributed by atoms with Crippen molar-refractivity contribution < 1.29 is 9.53 Å². The van der Waals surface area contributed by atoms with E-state index in [0.29, 0.717) is 0 Å². The quantitative estimate of drug-likeness (QED) is 0.674. The van der Waals surface area contributed by atoms with Crippen LogP contribution < -0.4 is 0 Å². The number of hydrogen-bond acceptors (Lipinski definition) is 2. The maximum absolute atomic E-state index is 11.7. The average molecular weight is 216 g/mol. The third-order valence-corrected chi connectivity index (χ3v) is 3.38. The number of carbonyl (C=O) groups excluding carboxylic acids is 1. The second-order valence-corrected chi connectivity index (χ2v) is 4.27. The van der Waals surface area contributed by atoms with Crippen molar-refractivity contribution in [2.45, 2.75) is 26.2 Å². The van der Waals surface area contributed by atoms with Crippen LogP contribution in [0.4, 0.5) is 0 Å². The summed E-state index contributed by atoms with van der Waals surface area (Å²) in [5, 5.41) is 0. The normalized spacial score (nSPS) is 19.3. The molecule has 0 saturated carbocycles. The summed E-state index contributed by atoms with van der Waals surface area (Å²) in [7, 11) is 1.45. The van der Waals surface area contributed by atoms with E-state index < -0.39 is 0 Å². The summed E-state index contributed by atoms with van der Waals surface area (Å²) in [6.45, 7) is 4.20. The largest absolute Gasteiger partial charge is 0.469 e. The molecule has 0 aliphatic heterocycles. The molecule has 0 radical (unpaired) electrons. The molecule has 0 aromatic heterocycles. The molecule has 1 aliphatic rings. The first-order valence-corrected chi connectivity index (χ1v) is 5.48. The molecule has 2 heteroatoms. The van der Waals surface area contributed by atoms with Gasteiger partial charge in [0.2, 0.25) is 0 Å². The molecule has 84 valence electrons. The fourth-order valence-corrected chi connectivity index (χ4v) is 2.29. The van der Waals surface area contributed by atoms with Crippen LogP contribution in [-0.2, 0) is 9.53 Å². The van der Waals surface area contributed by atoms with Gasteiger partial charge in [-0.3, -0.25) is 4.79 Å². The summed E-state index contributed by atoms with van der Waals surface area (Å²) >= 11 is 0. The van der Waals surface area contributed by atoms with Gasteiger partial charge in [-0.1, -0.05) is 29.8 Å². The van der Waals surface area contributed by atoms with E-state index in [2.05, 4.69) is 19.9 Å². The van der Waals surface area contributed by atoms with Gasteiger partial charge in [0.05, 0.1) is 13.0 Å². The molecular weight excluding hydrogens is 200 g/mol. The van der Waals surface area contributed by atoms with E-state index in [0.717, 1.165) is 12.0 Å². The Hall–Kier alpha value is -1.57. The molecule has 2 rings (SSSR count). The summed E-state index contributed by atoms with van der Waals surface area (Å²) < 4.78 is 4.87. The van der Waals surface area contributed by atoms with Crippen molar-refractivity contribution in [2.75, 3.05) is 7.11 Å². The molecule has 1 aliphatic carbocycles. The Bertz CT molecular complexity index is 458. The smallest absolute Gasteiger partial charge is 0.313 e. The summed E-state index contributed by atoms with van der Waals surface area (Å²) in [6.07, 6.45) is 0.773. The summed E-state index contributed by atoms with van der Waals surface area (Å²) in [6, 6.07) is 8.08. The Kier molecular flexibility index (Phi) is 2.82. The highest BCUT2D eigenvalue weighted by Crippen LogP contribution is 2.38. The van der Waals surface area contributed by atoms with Gasteiger partial charge in [0.1, 0.15) is 0 Å². The molecule has 0 fully saturated rings. The van der Waals surface area contributed by atoms with Crippen LogP contribution in [0.1, 0.15) is 37.3 Å². The Balaban J connectivity index is 2.53. The Morgan fingerprint density at radius 1 is 1.31 bits per heavy atom. The molecule has 0 bridgehead atoms. The molecule has 0 amide bonds. The Morgan fingerprint density at radius 3 is 2.69 bits per heavy atom. The number of carbonyl (C=O) groups is 1. The van der Waals surface area contributed by atoms with Crippen LogP contribution in [-0.4, -0.2) is 13.1 Å². The molecule has 0 spiro atoms. The lowest BCUT2D eigenvalue weighted by Gasteiger charge is -2.25. The molecule has 1 unspecified atom stereocenters. The molecule has 2 nitrogen and oxygen atoms in total. The first-order chi connectivity index (χ1) is 7.65. The summed E-state index contributed by atoms with van der Waals surface area (Å²) in [5.74, 6) is -0.274. The highest BCUT2D eigenvalue weighted by atomic mass is 16.5. The van der Waals surface area contributed by atoms with Crippen molar-refractivity contribution in [3.8, 4) is 0 Å². The lowest BCUT2D eigenvalue weighted by Crippen LogP contribution is -2.19. The fourth-order valence-electron chi connectivity index (χ4n) is 2.29. The lowest BCUT2D eigenvalue weighted by molar-refractivity contribution is -0.142. The highest BCUT2D eigenvalue weighted by Gasteiger charge is 2.28. The molecule has 16 heavy (non-hydrogen) atoms. The minimum absolute atomic E-state index is 0.134. The standard InChI is InChI=1S/C14H16O2/c1-9-8-13(14(15)16-3)12-7-5-4-6-11(12)10(9)2/h4-7,13H,8H2,1-3H3. The second-order valence-electron chi connectivity index (χ2n) is 4.27. The number of benzene rings is 1. The topological polar surface area (TPSA) is 26.3 Å². The number of methoxy groups -OCH3 is 1. The third-order valence-electron chi connectivity index (χ3n) is 3.38. The van der Waals surface area contributed by atoms with Crippen LogP contribution >= 0.6 is 0 Å². The minimum atomic E-state index is -0.140. The number of ether oxygens (including phenoxy) is 1.